The Bertz CT molecular complexity index is 659. The highest BCUT2D eigenvalue weighted by atomic mass is 32.1. The fourth-order valence-electron chi connectivity index (χ4n) is 2.75. The summed E-state index contributed by atoms with van der Waals surface area (Å²) in [5.41, 5.74) is 8.47. The first-order valence-corrected chi connectivity index (χ1v) is 8.39. The van der Waals surface area contributed by atoms with Crippen LogP contribution in [0.2, 0.25) is 0 Å². The number of nitrogens with two attached hydrogens (primary N) is 1. The first-order valence-electron chi connectivity index (χ1n) is 7.51. The van der Waals surface area contributed by atoms with E-state index in [-0.39, 0.29) is 5.91 Å². The van der Waals surface area contributed by atoms with Gasteiger partial charge in [0.05, 0.1) is 5.56 Å². The summed E-state index contributed by atoms with van der Waals surface area (Å²) in [6.07, 6.45) is 0. The number of rotatable bonds is 4. The maximum absolute atomic E-state index is 11.3. The smallest absolute Gasteiger partial charge is 0.249 e. The van der Waals surface area contributed by atoms with Crippen molar-refractivity contribution < 1.29 is 4.79 Å². The van der Waals surface area contributed by atoms with Gasteiger partial charge in [0.15, 0.2) is 0 Å². The van der Waals surface area contributed by atoms with E-state index in [2.05, 4.69) is 35.0 Å². The molecule has 1 amide bonds. The second-order valence-electron chi connectivity index (χ2n) is 5.80. The number of piperazine rings is 1. The molecular formula is C17H21N3OS. The van der Waals surface area contributed by atoms with Crippen molar-refractivity contribution in [1.29, 1.82) is 0 Å². The summed E-state index contributed by atoms with van der Waals surface area (Å²) in [6.45, 7) is 5.39. The highest BCUT2D eigenvalue weighted by Gasteiger charge is 2.16. The van der Waals surface area contributed by atoms with Crippen LogP contribution in [0.1, 0.15) is 15.9 Å². The van der Waals surface area contributed by atoms with Gasteiger partial charge in [-0.15, -0.1) is 11.3 Å². The van der Waals surface area contributed by atoms with Crippen LogP contribution in [0, 0.1) is 0 Å². The van der Waals surface area contributed by atoms with Crippen LogP contribution in [0.4, 0.5) is 0 Å². The third-order valence-corrected chi connectivity index (χ3v) is 5.12. The second-order valence-corrected chi connectivity index (χ2v) is 6.71. The Morgan fingerprint density at radius 1 is 1.23 bits per heavy atom. The molecule has 0 saturated carbocycles. The van der Waals surface area contributed by atoms with Crippen molar-refractivity contribution in [2.45, 2.75) is 6.54 Å². The maximum Gasteiger partial charge on any atom is 0.249 e. The van der Waals surface area contributed by atoms with Crippen LogP contribution in [-0.4, -0.2) is 48.9 Å². The standard InChI is InChI=1S/C17H21N3OS/c1-19-6-8-20(9-7-19)11-13-4-2-3-5-15(13)16-10-14(12-22-16)17(18)21/h2-5,10,12H,6-9,11H2,1H3,(H2,18,21). The van der Waals surface area contributed by atoms with Gasteiger partial charge in [0.2, 0.25) is 5.91 Å². The van der Waals surface area contributed by atoms with E-state index in [9.17, 15) is 4.79 Å². The van der Waals surface area contributed by atoms with Gasteiger partial charge in [0.1, 0.15) is 0 Å². The minimum atomic E-state index is -0.362. The lowest BCUT2D eigenvalue weighted by atomic mass is 10.0. The molecule has 1 aliphatic rings. The lowest BCUT2D eigenvalue weighted by Crippen LogP contribution is -2.43. The van der Waals surface area contributed by atoms with E-state index in [1.54, 1.807) is 11.3 Å². The molecule has 1 aromatic heterocycles. The number of hydrogen-bond donors (Lipinski definition) is 1. The molecule has 0 radical (unpaired) electrons. The van der Waals surface area contributed by atoms with Crippen molar-refractivity contribution in [3.63, 3.8) is 0 Å². The minimum absolute atomic E-state index is 0.362. The van der Waals surface area contributed by atoms with Gasteiger partial charge in [-0.1, -0.05) is 24.3 Å². The number of amides is 1. The summed E-state index contributed by atoms with van der Waals surface area (Å²) in [4.78, 5) is 17.3. The maximum atomic E-state index is 11.3. The summed E-state index contributed by atoms with van der Waals surface area (Å²) in [6, 6.07) is 10.3. The highest BCUT2D eigenvalue weighted by Crippen LogP contribution is 2.30. The van der Waals surface area contributed by atoms with Crippen LogP contribution in [0.3, 0.4) is 0 Å². The lowest BCUT2D eigenvalue weighted by molar-refractivity contribution is 0.100. The van der Waals surface area contributed by atoms with Gasteiger partial charge in [-0.2, -0.15) is 0 Å². The molecule has 1 aliphatic heterocycles. The third-order valence-electron chi connectivity index (χ3n) is 4.16. The molecule has 0 aliphatic carbocycles. The molecule has 116 valence electrons. The van der Waals surface area contributed by atoms with Crippen molar-refractivity contribution in [1.82, 2.24) is 9.80 Å². The number of primary amides is 1. The largest absolute Gasteiger partial charge is 0.366 e. The molecule has 22 heavy (non-hydrogen) atoms. The number of thiophene rings is 1. The van der Waals surface area contributed by atoms with Crippen LogP contribution in [-0.2, 0) is 6.54 Å². The molecule has 5 heteroatoms. The van der Waals surface area contributed by atoms with Gasteiger partial charge in [0.25, 0.3) is 0 Å². The normalized spacial score (nSPS) is 16.8. The van der Waals surface area contributed by atoms with Crippen LogP contribution in [0.15, 0.2) is 35.7 Å². The number of carbonyl (C=O) groups excluding carboxylic acids is 1. The molecule has 2 N–H and O–H groups in total. The van der Waals surface area contributed by atoms with E-state index in [0.29, 0.717) is 5.56 Å². The fraction of sp³-hybridized carbons (Fsp3) is 0.353. The Morgan fingerprint density at radius 2 is 1.95 bits per heavy atom. The van der Waals surface area contributed by atoms with E-state index in [4.69, 9.17) is 5.73 Å². The van der Waals surface area contributed by atoms with Gasteiger partial charge in [-0.3, -0.25) is 9.69 Å². The summed E-state index contributed by atoms with van der Waals surface area (Å²) in [7, 11) is 2.17. The molecule has 4 nitrogen and oxygen atoms in total. The lowest BCUT2D eigenvalue weighted by Gasteiger charge is -2.32. The highest BCUT2D eigenvalue weighted by molar-refractivity contribution is 7.13. The zero-order valence-electron chi connectivity index (χ0n) is 12.8. The Balaban J connectivity index is 1.81. The summed E-state index contributed by atoms with van der Waals surface area (Å²) >= 11 is 1.58. The van der Waals surface area contributed by atoms with Crippen molar-refractivity contribution in [2.24, 2.45) is 5.73 Å². The number of hydrogen-bond acceptors (Lipinski definition) is 4. The molecule has 1 saturated heterocycles. The van der Waals surface area contributed by atoms with Crippen molar-refractivity contribution >= 4 is 17.2 Å². The molecule has 2 aromatic rings. The topological polar surface area (TPSA) is 49.6 Å². The summed E-state index contributed by atoms with van der Waals surface area (Å²) in [5.74, 6) is -0.362. The molecule has 3 rings (SSSR count). The Kier molecular flexibility index (Phi) is 4.57. The quantitative estimate of drug-likeness (QED) is 0.941. The fourth-order valence-corrected chi connectivity index (χ4v) is 3.71. The van der Waals surface area contributed by atoms with Gasteiger partial charge in [0, 0.05) is 43.0 Å². The Labute approximate surface area is 135 Å². The Morgan fingerprint density at radius 3 is 2.64 bits per heavy atom. The minimum Gasteiger partial charge on any atom is -0.366 e. The number of likely N-dealkylation sites (N-methyl/N-ethyl adjacent to an activating group) is 1. The molecule has 0 atom stereocenters. The predicted octanol–water partition coefficient (Wildman–Crippen LogP) is 2.26. The number of carbonyl (C=O) groups is 1. The zero-order valence-corrected chi connectivity index (χ0v) is 13.6. The molecule has 1 aromatic carbocycles. The van der Waals surface area contributed by atoms with Gasteiger partial charge >= 0.3 is 0 Å². The van der Waals surface area contributed by atoms with Crippen molar-refractivity contribution in [2.75, 3.05) is 33.2 Å². The molecule has 0 bridgehead atoms. The van der Waals surface area contributed by atoms with Crippen LogP contribution < -0.4 is 5.73 Å². The van der Waals surface area contributed by atoms with Crippen LogP contribution in [0.5, 0.6) is 0 Å². The van der Waals surface area contributed by atoms with Crippen LogP contribution >= 0.6 is 11.3 Å². The van der Waals surface area contributed by atoms with Crippen molar-refractivity contribution in [3.8, 4) is 10.4 Å². The van der Waals surface area contributed by atoms with E-state index in [1.807, 2.05) is 17.5 Å². The molecule has 1 fully saturated rings. The third kappa shape index (κ3) is 3.38. The molecular weight excluding hydrogens is 294 g/mol. The average Bonchev–Trinajstić information content (AvgIpc) is 3.00. The SMILES string of the molecule is CN1CCN(Cc2ccccc2-c2cc(C(N)=O)cs2)CC1. The van der Waals surface area contributed by atoms with E-state index < -0.39 is 0 Å². The summed E-state index contributed by atoms with van der Waals surface area (Å²) in [5, 5.41) is 1.84. The second kappa shape index (κ2) is 6.60. The van der Waals surface area contributed by atoms with E-state index in [0.717, 1.165) is 37.6 Å². The van der Waals surface area contributed by atoms with E-state index in [1.165, 1.54) is 11.1 Å². The molecule has 2 heterocycles. The Hall–Kier alpha value is -1.69. The zero-order chi connectivity index (χ0) is 15.5. The molecule has 0 spiro atoms. The predicted molar refractivity (Wildman–Crippen MR) is 91.0 cm³/mol. The monoisotopic (exact) mass is 315 g/mol. The van der Waals surface area contributed by atoms with Crippen LogP contribution in [0.25, 0.3) is 10.4 Å². The average molecular weight is 315 g/mol. The van der Waals surface area contributed by atoms with Gasteiger partial charge < -0.3 is 10.6 Å². The molecule has 0 unspecified atom stereocenters. The van der Waals surface area contributed by atoms with Crippen molar-refractivity contribution in [3.05, 3.63) is 46.8 Å². The first-order chi connectivity index (χ1) is 10.6. The first kappa shape index (κ1) is 15.2. The summed E-state index contributed by atoms with van der Waals surface area (Å²) < 4.78 is 0. The number of benzene rings is 1. The van der Waals surface area contributed by atoms with E-state index >= 15 is 0 Å². The van der Waals surface area contributed by atoms with Gasteiger partial charge in [-0.05, 0) is 24.2 Å². The number of nitrogens with zero attached hydrogens (tertiary/aromatic N) is 2. The van der Waals surface area contributed by atoms with Gasteiger partial charge in [-0.25, -0.2) is 0 Å².